The van der Waals surface area contributed by atoms with Crippen LogP contribution in [0.1, 0.15) is 30.1 Å². The predicted octanol–water partition coefficient (Wildman–Crippen LogP) is 4.19. The van der Waals surface area contributed by atoms with Crippen molar-refractivity contribution in [3.05, 3.63) is 60.0 Å². The number of carbonyl (C=O) groups excluding carboxylic acids is 1. The fraction of sp³-hybridized carbons (Fsp3) is 0.250. The zero-order chi connectivity index (χ0) is 17.8. The molecule has 0 saturated carbocycles. The number of benzene rings is 2. The zero-order valence-electron chi connectivity index (χ0n) is 14.7. The molecule has 0 radical (unpaired) electrons. The van der Waals surface area contributed by atoms with E-state index in [4.69, 9.17) is 4.42 Å². The molecule has 0 unspecified atom stereocenters. The Labute approximate surface area is 147 Å². The van der Waals surface area contributed by atoms with Crippen LogP contribution in [0.2, 0.25) is 0 Å². The van der Waals surface area contributed by atoms with Crippen LogP contribution in [0.15, 0.2) is 52.9 Å². The Bertz CT molecular complexity index is 865. The van der Waals surface area contributed by atoms with Crippen molar-refractivity contribution in [2.45, 2.75) is 20.8 Å². The molecular formula is C20H21N3O2. The number of amides is 1. The van der Waals surface area contributed by atoms with E-state index in [-0.39, 0.29) is 5.91 Å². The number of rotatable bonds is 5. The summed E-state index contributed by atoms with van der Waals surface area (Å²) in [7, 11) is 0. The molecule has 0 bridgehead atoms. The summed E-state index contributed by atoms with van der Waals surface area (Å²) < 4.78 is 5.57. The number of nitrogens with zero attached hydrogens (tertiary/aromatic N) is 3. The molecule has 0 atom stereocenters. The largest absolute Gasteiger partial charge is 0.421 e. The maximum Gasteiger partial charge on any atom is 0.253 e. The van der Waals surface area contributed by atoms with Gasteiger partial charge in [0.1, 0.15) is 0 Å². The van der Waals surface area contributed by atoms with Gasteiger partial charge in [-0.2, -0.15) is 0 Å². The Morgan fingerprint density at radius 3 is 2.16 bits per heavy atom. The Morgan fingerprint density at radius 1 is 0.960 bits per heavy atom. The molecule has 0 aliphatic carbocycles. The molecular weight excluding hydrogens is 314 g/mol. The third-order valence-corrected chi connectivity index (χ3v) is 4.18. The standard InChI is InChI=1S/C20H21N3O2/c1-4-23(5-2)20(24)16-12-10-15(11-13-16)17-8-6-7-9-18(17)19-22-21-14(3)25-19/h6-13H,4-5H2,1-3H3. The quantitative estimate of drug-likeness (QED) is 0.701. The van der Waals surface area contributed by atoms with Gasteiger partial charge in [-0.15, -0.1) is 10.2 Å². The van der Waals surface area contributed by atoms with Gasteiger partial charge in [-0.05, 0) is 43.2 Å². The molecule has 128 valence electrons. The summed E-state index contributed by atoms with van der Waals surface area (Å²) in [5, 5.41) is 8.02. The van der Waals surface area contributed by atoms with Gasteiger partial charge < -0.3 is 9.32 Å². The topological polar surface area (TPSA) is 59.2 Å². The van der Waals surface area contributed by atoms with Gasteiger partial charge in [-0.25, -0.2) is 0 Å². The average Bonchev–Trinajstić information content (AvgIpc) is 3.09. The molecule has 25 heavy (non-hydrogen) atoms. The molecule has 3 aromatic rings. The van der Waals surface area contributed by atoms with Gasteiger partial charge in [-0.3, -0.25) is 4.79 Å². The van der Waals surface area contributed by atoms with E-state index in [0.717, 1.165) is 16.7 Å². The first-order valence-corrected chi connectivity index (χ1v) is 8.43. The highest BCUT2D eigenvalue weighted by Crippen LogP contribution is 2.31. The first-order valence-electron chi connectivity index (χ1n) is 8.43. The molecule has 5 heteroatoms. The average molecular weight is 335 g/mol. The molecule has 0 fully saturated rings. The lowest BCUT2D eigenvalue weighted by Crippen LogP contribution is -2.30. The van der Waals surface area contributed by atoms with Gasteiger partial charge in [0, 0.05) is 31.1 Å². The van der Waals surface area contributed by atoms with Crippen LogP contribution >= 0.6 is 0 Å². The van der Waals surface area contributed by atoms with Crippen molar-refractivity contribution in [2.24, 2.45) is 0 Å². The third-order valence-electron chi connectivity index (χ3n) is 4.18. The van der Waals surface area contributed by atoms with Crippen molar-refractivity contribution in [1.29, 1.82) is 0 Å². The molecule has 0 aliphatic rings. The van der Waals surface area contributed by atoms with Crippen LogP contribution in [0.3, 0.4) is 0 Å². The van der Waals surface area contributed by atoms with E-state index in [1.54, 1.807) is 6.92 Å². The Kier molecular flexibility index (Phi) is 4.93. The lowest BCUT2D eigenvalue weighted by atomic mass is 9.98. The lowest BCUT2D eigenvalue weighted by Gasteiger charge is -2.18. The minimum absolute atomic E-state index is 0.0531. The summed E-state index contributed by atoms with van der Waals surface area (Å²) in [6.07, 6.45) is 0. The highest BCUT2D eigenvalue weighted by Gasteiger charge is 2.15. The molecule has 3 rings (SSSR count). The van der Waals surface area contributed by atoms with Crippen LogP contribution in [0.5, 0.6) is 0 Å². The number of hydrogen-bond donors (Lipinski definition) is 0. The van der Waals surface area contributed by atoms with Gasteiger partial charge in [0.25, 0.3) is 5.91 Å². The molecule has 1 aromatic heterocycles. The molecule has 1 amide bonds. The van der Waals surface area contributed by atoms with E-state index in [1.165, 1.54) is 0 Å². The lowest BCUT2D eigenvalue weighted by molar-refractivity contribution is 0.0773. The van der Waals surface area contributed by atoms with Gasteiger partial charge >= 0.3 is 0 Å². The molecule has 2 aromatic carbocycles. The molecule has 0 N–H and O–H groups in total. The van der Waals surface area contributed by atoms with Gasteiger partial charge in [0.15, 0.2) is 0 Å². The first-order chi connectivity index (χ1) is 12.1. The van der Waals surface area contributed by atoms with Crippen LogP contribution in [0.4, 0.5) is 0 Å². The summed E-state index contributed by atoms with van der Waals surface area (Å²) >= 11 is 0. The third kappa shape index (κ3) is 3.45. The second-order valence-electron chi connectivity index (χ2n) is 5.73. The molecule has 0 saturated heterocycles. The maximum absolute atomic E-state index is 12.4. The summed E-state index contributed by atoms with van der Waals surface area (Å²) in [4.78, 5) is 14.2. The van der Waals surface area contributed by atoms with Crippen LogP contribution in [-0.2, 0) is 0 Å². The molecule has 0 spiro atoms. The smallest absolute Gasteiger partial charge is 0.253 e. The molecule has 5 nitrogen and oxygen atoms in total. The Balaban J connectivity index is 1.95. The van der Waals surface area contributed by atoms with Crippen LogP contribution in [0, 0.1) is 6.92 Å². The highest BCUT2D eigenvalue weighted by atomic mass is 16.4. The molecule has 0 aliphatic heterocycles. The van der Waals surface area contributed by atoms with Crippen molar-refractivity contribution in [2.75, 3.05) is 13.1 Å². The van der Waals surface area contributed by atoms with E-state index in [9.17, 15) is 4.79 Å². The second-order valence-corrected chi connectivity index (χ2v) is 5.73. The van der Waals surface area contributed by atoms with E-state index in [1.807, 2.05) is 67.3 Å². The SMILES string of the molecule is CCN(CC)C(=O)c1ccc(-c2ccccc2-c2nnc(C)o2)cc1. The number of hydrogen-bond acceptors (Lipinski definition) is 4. The van der Waals surface area contributed by atoms with Crippen molar-refractivity contribution in [3.63, 3.8) is 0 Å². The van der Waals surface area contributed by atoms with Crippen LogP contribution < -0.4 is 0 Å². The normalized spacial score (nSPS) is 10.7. The minimum Gasteiger partial charge on any atom is -0.421 e. The number of carbonyl (C=O) groups is 1. The summed E-state index contributed by atoms with van der Waals surface area (Å²) in [6, 6.07) is 15.5. The zero-order valence-corrected chi connectivity index (χ0v) is 14.7. The van der Waals surface area contributed by atoms with Crippen molar-refractivity contribution in [1.82, 2.24) is 15.1 Å². The molecule has 1 heterocycles. The van der Waals surface area contributed by atoms with Gasteiger partial charge in [0.2, 0.25) is 11.8 Å². The summed E-state index contributed by atoms with van der Waals surface area (Å²) in [5.41, 5.74) is 3.57. The number of aryl methyl sites for hydroxylation is 1. The van der Waals surface area contributed by atoms with Crippen molar-refractivity contribution in [3.8, 4) is 22.6 Å². The van der Waals surface area contributed by atoms with Crippen molar-refractivity contribution < 1.29 is 9.21 Å². The van der Waals surface area contributed by atoms with Crippen LogP contribution in [-0.4, -0.2) is 34.1 Å². The highest BCUT2D eigenvalue weighted by molar-refractivity contribution is 5.95. The maximum atomic E-state index is 12.4. The second kappa shape index (κ2) is 7.30. The van der Waals surface area contributed by atoms with Gasteiger partial charge in [0.05, 0.1) is 0 Å². The fourth-order valence-corrected chi connectivity index (χ4v) is 2.81. The van der Waals surface area contributed by atoms with Gasteiger partial charge in [-0.1, -0.05) is 30.3 Å². The fourth-order valence-electron chi connectivity index (χ4n) is 2.81. The van der Waals surface area contributed by atoms with Crippen molar-refractivity contribution >= 4 is 5.91 Å². The number of aromatic nitrogens is 2. The predicted molar refractivity (Wildman–Crippen MR) is 97.2 cm³/mol. The minimum atomic E-state index is 0.0531. The first kappa shape index (κ1) is 16.9. The van der Waals surface area contributed by atoms with E-state index in [2.05, 4.69) is 10.2 Å². The van der Waals surface area contributed by atoms with E-state index < -0.39 is 0 Å². The Hall–Kier alpha value is -2.95. The van der Waals surface area contributed by atoms with E-state index in [0.29, 0.717) is 30.4 Å². The Morgan fingerprint density at radius 2 is 1.60 bits per heavy atom. The summed E-state index contributed by atoms with van der Waals surface area (Å²) in [6.45, 7) is 7.15. The monoisotopic (exact) mass is 335 g/mol. The van der Waals surface area contributed by atoms with Crippen LogP contribution in [0.25, 0.3) is 22.6 Å². The summed E-state index contributed by atoms with van der Waals surface area (Å²) in [5.74, 6) is 1.08. The van der Waals surface area contributed by atoms with E-state index >= 15 is 0 Å².